The van der Waals surface area contributed by atoms with Crippen molar-refractivity contribution < 1.29 is 13.5 Å². The summed E-state index contributed by atoms with van der Waals surface area (Å²) in [4.78, 5) is 0.319. The highest BCUT2D eigenvalue weighted by Gasteiger charge is 2.10. The van der Waals surface area contributed by atoms with E-state index in [1.807, 2.05) is 6.92 Å². The van der Waals surface area contributed by atoms with Gasteiger partial charge in [0.1, 0.15) is 0 Å². The first-order chi connectivity index (χ1) is 6.99. The second-order valence-corrected chi connectivity index (χ2v) is 5.64. The lowest BCUT2D eigenvalue weighted by molar-refractivity contribution is 0.262. The Kier molecular flexibility index (Phi) is 3.88. The summed E-state index contributed by atoms with van der Waals surface area (Å²) in [6.07, 6.45) is 2.03. The Labute approximate surface area is 90.7 Å². The highest BCUT2D eigenvalue weighted by Crippen LogP contribution is 2.20. The average molecular weight is 228 g/mol. The third-order valence-electron chi connectivity index (χ3n) is 2.49. The predicted octanol–water partition coefficient (Wildman–Crippen LogP) is 1.58. The standard InChI is InChI=1S/C11H16O3S/c1-3-9(8-12)10-4-6-11(7-5-10)15(2,13)14/h4-7,9,12H,3,8H2,1-2H3. The Hall–Kier alpha value is -0.870. The van der Waals surface area contributed by atoms with Crippen LogP contribution >= 0.6 is 0 Å². The molecule has 0 aromatic heterocycles. The lowest BCUT2D eigenvalue weighted by Crippen LogP contribution is -2.03. The maximum Gasteiger partial charge on any atom is 0.175 e. The van der Waals surface area contributed by atoms with E-state index in [1.54, 1.807) is 24.3 Å². The summed E-state index contributed by atoms with van der Waals surface area (Å²) in [7, 11) is -3.12. The molecular weight excluding hydrogens is 212 g/mol. The van der Waals surface area contributed by atoms with E-state index in [2.05, 4.69) is 0 Å². The predicted molar refractivity (Wildman–Crippen MR) is 59.7 cm³/mol. The fourth-order valence-corrected chi connectivity index (χ4v) is 2.09. The Morgan fingerprint density at radius 1 is 1.27 bits per heavy atom. The number of aliphatic hydroxyl groups is 1. The molecule has 0 fully saturated rings. The fraction of sp³-hybridized carbons (Fsp3) is 0.455. The molecule has 1 rings (SSSR count). The second kappa shape index (κ2) is 4.77. The van der Waals surface area contributed by atoms with E-state index < -0.39 is 9.84 Å². The van der Waals surface area contributed by atoms with Crippen LogP contribution in [0.5, 0.6) is 0 Å². The molecule has 1 unspecified atom stereocenters. The number of hydrogen-bond donors (Lipinski definition) is 1. The van der Waals surface area contributed by atoms with Crippen molar-refractivity contribution in [2.75, 3.05) is 12.9 Å². The third kappa shape index (κ3) is 3.04. The molecule has 0 saturated heterocycles. The van der Waals surface area contributed by atoms with Gasteiger partial charge >= 0.3 is 0 Å². The Morgan fingerprint density at radius 3 is 2.13 bits per heavy atom. The quantitative estimate of drug-likeness (QED) is 0.851. The van der Waals surface area contributed by atoms with Crippen molar-refractivity contribution in [2.24, 2.45) is 0 Å². The summed E-state index contributed by atoms with van der Waals surface area (Å²) in [5.41, 5.74) is 0.979. The minimum atomic E-state index is -3.12. The van der Waals surface area contributed by atoms with Crippen molar-refractivity contribution in [1.29, 1.82) is 0 Å². The monoisotopic (exact) mass is 228 g/mol. The number of rotatable bonds is 4. The molecule has 84 valence electrons. The molecule has 4 heteroatoms. The van der Waals surface area contributed by atoms with Crippen LogP contribution in [-0.2, 0) is 9.84 Å². The van der Waals surface area contributed by atoms with Crippen molar-refractivity contribution in [1.82, 2.24) is 0 Å². The van der Waals surface area contributed by atoms with Gasteiger partial charge < -0.3 is 5.11 Å². The first kappa shape index (κ1) is 12.2. The minimum Gasteiger partial charge on any atom is -0.396 e. The Balaban J connectivity index is 3.00. The highest BCUT2D eigenvalue weighted by molar-refractivity contribution is 7.90. The molecule has 0 aliphatic heterocycles. The van der Waals surface area contributed by atoms with Crippen LogP contribution in [-0.4, -0.2) is 26.4 Å². The molecule has 0 amide bonds. The molecule has 0 aliphatic rings. The fourth-order valence-electron chi connectivity index (χ4n) is 1.46. The van der Waals surface area contributed by atoms with E-state index in [0.29, 0.717) is 4.90 Å². The van der Waals surface area contributed by atoms with Crippen molar-refractivity contribution in [3.8, 4) is 0 Å². The summed E-state index contributed by atoms with van der Waals surface area (Å²) in [5.74, 6) is 0.0959. The molecule has 0 saturated carbocycles. The molecule has 15 heavy (non-hydrogen) atoms. The lowest BCUT2D eigenvalue weighted by Gasteiger charge is -2.11. The molecule has 1 aromatic carbocycles. The van der Waals surface area contributed by atoms with Gasteiger partial charge in [-0.3, -0.25) is 0 Å². The topological polar surface area (TPSA) is 54.4 Å². The first-order valence-electron chi connectivity index (χ1n) is 4.90. The molecule has 0 spiro atoms. The normalized spacial score (nSPS) is 13.8. The van der Waals surface area contributed by atoms with Gasteiger partial charge in [0.05, 0.1) is 4.90 Å². The number of sulfone groups is 1. The van der Waals surface area contributed by atoms with E-state index in [9.17, 15) is 8.42 Å². The van der Waals surface area contributed by atoms with E-state index in [1.165, 1.54) is 6.26 Å². The summed E-state index contributed by atoms with van der Waals surface area (Å²) in [6.45, 7) is 2.08. The highest BCUT2D eigenvalue weighted by atomic mass is 32.2. The van der Waals surface area contributed by atoms with Crippen LogP contribution in [0.1, 0.15) is 24.8 Å². The van der Waals surface area contributed by atoms with Crippen LogP contribution in [0.15, 0.2) is 29.2 Å². The minimum absolute atomic E-state index is 0.0920. The van der Waals surface area contributed by atoms with Gasteiger partial charge in [0.25, 0.3) is 0 Å². The second-order valence-electron chi connectivity index (χ2n) is 3.63. The summed E-state index contributed by atoms with van der Waals surface area (Å²) in [6, 6.07) is 6.70. The lowest BCUT2D eigenvalue weighted by atomic mass is 9.98. The molecule has 0 aliphatic carbocycles. The van der Waals surface area contributed by atoms with Gasteiger partial charge in [-0.1, -0.05) is 19.1 Å². The number of hydrogen-bond acceptors (Lipinski definition) is 3. The largest absolute Gasteiger partial charge is 0.396 e. The summed E-state index contributed by atoms with van der Waals surface area (Å²) >= 11 is 0. The first-order valence-corrected chi connectivity index (χ1v) is 6.79. The van der Waals surface area contributed by atoms with Crippen LogP contribution in [0.25, 0.3) is 0 Å². The van der Waals surface area contributed by atoms with Gasteiger partial charge in [0, 0.05) is 18.8 Å². The van der Waals surface area contributed by atoms with E-state index in [0.717, 1.165) is 12.0 Å². The molecular formula is C11H16O3S. The summed E-state index contributed by atoms with van der Waals surface area (Å²) < 4.78 is 22.4. The molecule has 0 bridgehead atoms. The molecule has 0 heterocycles. The average Bonchev–Trinajstić information content (AvgIpc) is 2.19. The Bertz CT molecular complexity index is 402. The molecule has 1 N–H and O–H groups in total. The zero-order chi connectivity index (χ0) is 11.5. The summed E-state index contributed by atoms with van der Waals surface area (Å²) in [5, 5.41) is 9.09. The zero-order valence-corrected chi connectivity index (χ0v) is 9.79. The number of benzene rings is 1. The van der Waals surface area contributed by atoms with Crippen molar-refractivity contribution in [3.63, 3.8) is 0 Å². The smallest absolute Gasteiger partial charge is 0.175 e. The van der Waals surface area contributed by atoms with Gasteiger partial charge in [0.2, 0.25) is 0 Å². The molecule has 1 atom stereocenters. The van der Waals surface area contributed by atoms with E-state index in [-0.39, 0.29) is 12.5 Å². The van der Waals surface area contributed by atoms with Crippen LogP contribution in [0.3, 0.4) is 0 Å². The van der Waals surface area contributed by atoms with Gasteiger partial charge in [0.15, 0.2) is 9.84 Å². The van der Waals surface area contributed by atoms with E-state index >= 15 is 0 Å². The van der Waals surface area contributed by atoms with Crippen molar-refractivity contribution in [2.45, 2.75) is 24.2 Å². The molecule has 1 aromatic rings. The van der Waals surface area contributed by atoms with Gasteiger partial charge in [-0.15, -0.1) is 0 Å². The molecule has 3 nitrogen and oxygen atoms in total. The third-order valence-corrected chi connectivity index (χ3v) is 3.62. The number of aliphatic hydroxyl groups excluding tert-OH is 1. The van der Waals surface area contributed by atoms with Crippen LogP contribution < -0.4 is 0 Å². The van der Waals surface area contributed by atoms with Gasteiger partial charge in [-0.05, 0) is 24.1 Å². The van der Waals surface area contributed by atoms with Gasteiger partial charge in [-0.25, -0.2) is 8.42 Å². The van der Waals surface area contributed by atoms with Crippen molar-refractivity contribution in [3.05, 3.63) is 29.8 Å². The van der Waals surface area contributed by atoms with Crippen LogP contribution in [0.2, 0.25) is 0 Å². The zero-order valence-electron chi connectivity index (χ0n) is 8.97. The van der Waals surface area contributed by atoms with Crippen LogP contribution in [0.4, 0.5) is 0 Å². The van der Waals surface area contributed by atoms with Crippen LogP contribution in [0, 0.1) is 0 Å². The maximum absolute atomic E-state index is 11.2. The Morgan fingerprint density at radius 2 is 1.80 bits per heavy atom. The van der Waals surface area contributed by atoms with E-state index in [4.69, 9.17) is 5.11 Å². The van der Waals surface area contributed by atoms with Crippen molar-refractivity contribution >= 4 is 9.84 Å². The molecule has 0 radical (unpaired) electrons. The maximum atomic E-state index is 11.2. The van der Waals surface area contributed by atoms with Gasteiger partial charge in [-0.2, -0.15) is 0 Å². The SMILES string of the molecule is CCC(CO)c1ccc(S(C)(=O)=O)cc1.